The van der Waals surface area contributed by atoms with E-state index >= 15 is 0 Å². The lowest BCUT2D eigenvalue weighted by molar-refractivity contribution is -0.120. The zero-order valence-electron chi connectivity index (χ0n) is 13.0. The lowest BCUT2D eigenvalue weighted by atomic mass is 9.86. The van der Waals surface area contributed by atoms with Gasteiger partial charge in [0.2, 0.25) is 5.91 Å². The first-order valence-electron chi connectivity index (χ1n) is 7.73. The maximum Gasteiger partial charge on any atom is 0.387 e. The first kappa shape index (κ1) is 17.8. The molecule has 0 aromatic heterocycles. The Kier molecular flexibility index (Phi) is 6.45. The van der Waals surface area contributed by atoms with Gasteiger partial charge in [-0.1, -0.05) is 31.4 Å². The van der Waals surface area contributed by atoms with Gasteiger partial charge in [0, 0.05) is 11.7 Å². The van der Waals surface area contributed by atoms with Gasteiger partial charge in [0.15, 0.2) is 0 Å². The fourth-order valence-corrected chi connectivity index (χ4v) is 3.00. The molecule has 128 valence electrons. The van der Waals surface area contributed by atoms with Crippen molar-refractivity contribution in [2.45, 2.75) is 45.3 Å². The predicted octanol–water partition coefficient (Wildman–Crippen LogP) is 4.05. The van der Waals surface area contributed by atoms with Crippen LogP contribution in [-0.4, -0.2) is 25.1 Å². The van der Waals surface area contributed by atoms with Gasteiger partial charge in [0.25, 0.3) is 0 Å². The molecule has 1 aliphatic carbocycles. The first-order chi connectivity index (χ1) is 11.0. The number of halogens is 3. The van der Waals surface area contributed by atoms with E-state index in [0.717, 1.165) is 19.3 Å². The molecule has 0 spiro atoms. The highest BCUT2D eigenvalue weighted by Gasteiger charge is 2.22. The third kappa shape index (κ3) is 5.53. The molecule has 2 rings (SSSR count). The molecule has 0 heterocycles. The number of benzene rings is 1. The molecule has 2 N–H and O–H groups in total. The van der Waals surface area contributed by atoms with Gasteiger partial charge < -0.3 is 15.4 Å². The molecule has 7 heteroatoms. The third-order valence-electron chi connectivity index (χ3n) is 4.06. The van der Waals surface area contributed by atoms with Gasteiger partial charge in [-0.05, 0) is 37.0 Å². The van der Waals surface area contributed by atoms with Crippen LogP contribution in [0.3, 0.4) is 0 Å². The summed E-state index contributed by atoms with van der Waals surface area (Å²) in [5, 5.41) is 6.03. The summed E-state index contributed by atoms with van der Waals surface area (Å²) in [5.41, 5.74) is 0.573. The van der Waals surface area contributed by atoms with Crippen LogP contribution >= 0.6 is 11.6 Å². The Morgan fingerprint density at radius 2 is 2.13 bits per heavy atom. The standard InChI is InChI=1S/C16H21ClF2N2O2/c1-10-4-2-3-5-13(10)21-15(22)9-20-11-6-7-14(12(17)8-11)23-16(18)19/h6-8,10,13,16,20H,2-5,9H2,1H3,(H,21,22). The van der Waals surface area contributed by atoms with Crippen LogP contribution in [0.25, 0.3) is 0 Å². The molecule has 0 bridgehead atoms. The van der Waals surface area contributed by atoms with Gasteiger partial charge in [-0.15, -0.1) is 0 Å². The van der Waals surface area contributed by atoms with Crippen molar-refractivity contribution in [3.63, 3.8) is 0 Å². The third-order valence-corrected chi connectivity index (χ3v) is 4.35. The number of nitrogens with one attached hydrogen (secondary N) is 2. The second kappa shape index (κ2) is 8.34. The Morgan fingerprint density at radius 1 is 1.39 bits per heavy atom. The minimum absolute atomic E-state index is 0.0663. The Balaban J connectivity index is 1.83. The number of hydrogen-bond acceptors (Lipinski definition) is 3. The summed E-state index contributed by atoms with van der Waals surface area (Å²) in [6, 6.07) is 4.57. The maximum absolute atomic E-state index is 12.2. The number of alkyl halides is 2. The normalized spacial score (nSPS) is 21.1. The van der Waals surface area contributed by atoms with Crippen LogP contribution in [0.2, 0.25) is 5.02 Å². The van der Waals surface area contributed by atoms with Crippen molar-refractivity contribution in [2.75, 3.05) is 11.9 Å². The van der Waals surface area contributed by atoms with Crippen molar-refractivity contribution in [1.29, 1.82) is 0 Å². The van der Waals surface area contributed by atoms with Crippen LogP contribution in [0.4, 0.5) is 14.5 Å². The average Bonchev–Trinajstić information content (AvgIpc) is 2.49. The number of carbonyl (C=O) groups is 1. The summed E-state index contributed by atoms with van der Waals surface area (Å²) in [6.07, 6.45) is 4.51. The molecule has 1 aliphatic rings. The Morgan fingerprint density at radius 3 is 2.78 bits per heavy atom. The van der Waals surface area contributed by atoms with Gasteiger partial charge in [-0.25, -0.2) is 0 Å². The van der Waals surface area contributed by atoms with Gasteiger partial charge in [0.05, 0.1) is 11.6 Å². The van der Waals surface area contributed by atoms with E-state index in [4.69, 9.17) is 11.6 Å². The molecule has 1 aromatic rings. The summed E-state index contributed by atoms with van der Waals surface area (Å²) in [6.45, 7) is -0.664. The average molecular weight is 347 g/mol. The van der Waals surface area contributed by atoms with Gasteiger partial charge in [-0.2, -0.15) is 8.78 Å². The molecule has 1 fully saturated rings. The van der Waals surface area contributed by atoms with Gasteiger partial charge >= 0.3 is 6.61 Å². The SMILES string of the molecule is CC1CCCCC1NC(=O)CNc1ccc(OC(F)F)c(Cl)c1. The molecule has 0 aliphatic heterocycles. The molecule has 0 radical (unpaired) electrons. The predicted molar refractivity (Wildman–Crippen MR) is 86.1 cm³/mol. The van der Waals surface area contributed by atoms with Crippen molar-refractivity contribution in [3.8, 4) is 5.75 Å². The number of hydrogen-bond donors (Lipinski definition) is 2. The topological polar surface area (TPSA) is 50.4 Å². The summed E-state index contributed by atoms with van der Waals surface area (Å²) >= 11 is 5.86. The van der Waals surface area contributed by atoms with E-state index in [1.807, 2.05) is 0 Å². The summed E-state index contributed by atoms with van der Waals surface area (Å²) < 4.78 is 28.6. The highest BCUT2D eigenvalue weighted by molar-refractivity contribution is 6.32. The minimum atomic E-state index is -2.92. The fourth-order valence-electron chi connectivity index (χ4n) is 2.77. The number of rotatable bonds is 6. The van der Waals surface area contributed by atoms with E-state index < -0.39 is 6.61 Å². The molecule has 0 saturated heterocycles. The quantitative estimate of drug-likeness (QED) is 0.817. The number of ether oxygens (including phenoxy) is 1. The number of anilines is 1. The first-order valence-corrected chi connectivity index (χ1v) is 8.11. The van der Waals surface area contributed by atoms with E-state index in [1.54, 1.807) is 6.07 Å². The lowest BCUT2D eigenvalue weighted by Gasteiger charge is -2.29. The van der Waals surface area contributed by atoms with Gasteiger partial charge in [-0.3, -0.25) is 4.79 Å². The van der Waals surface area contributed by atoms with Crippen LogP contribution < -0.4 is 15.4 Å². The van der Waals surface area contributed by atoms with Crippen molar-refractivity contribution in [3.05, 3.63) is 23.2 Å². The monoisotopic (exact) mass is 346 g/mol. The summed E-state index contributed by atoms with van der Waals surface area (Å²) in [7, 11) is 0. The molecular formula is C16H21ClF2N2O2. The smallest absolute Gasteiger partial charge is 0.387 e. The van der Waals surface area contributed by atoms with Crippen LogP contribution in [0, 0.1) is 5.92 Å². The Hall–Kier alpha value is -1.56. The molecule has 2 atom stereocenters. The Labute approximate surface area is 139 Å². The van der Waals surface area contributed by atoms with Crippen molar-refractivity contribution in [1.82, 2.24) is 5.32 Å². The van der Waals surface area contributed by atoms with E-state index in [0.29, 0.717) is 11.6 Å². The molecule has 23 heavy (non-hydrogen) atoms. The highest BCUT2D eigenvalue weighted by Crippen LogP contribution is 2.29. The zero-order valence-corrected chi connectivity index (χ0v) is 13.7. The van der Waals surface area contributed by atoms with E-state index in [-0.39, 0.29) is 29.3 Å². The zero-order chi connectivity index (χ0) is 16.8. The molecular weight excluding hydrogens is 326 g/mol. The van der Waals surface area contributed by atoms with Crippen molar-refractivity contribution in [2.24, 2.45) is 5.92 Å². The number of carbonyl (C=O) groups excluding carboxylic acids is 1. The maximum atomic E-state index is 12.2. The summed E-state index contributed by atoms with van der Waals surface area (Å²) in [4.78, 5) is 12.0. The van der Waals surface area contributed by atoms with Crippen molar-refractivity contribution >= 4 is 23.2 Å². The van der Waals surface area contributed by atoms with Gasteiger partial charge in [0.1, 0.15) is 5.75 Å². The Bertz CT molecular complexity index is 543. The van der Waals surface area contributed by atoms with Crippen LogP contribution in [0.1, 0.15) is 32.6 Å². The second-order valence-corrected chi connectivity index (χ2v) is 6.22. The number of amides is 1. The van der Waals surface area contributed by atoms with E-state index in [1.165, 1.54) is 18.6 Å². The molecule has 2 unspecified atom stereocenters. The lowest BCUT2D eigenvalue weighted by Crippen LogP contribution is -2.43. The molecule has 1 amide bonds. The van der Waals surface area contributed by atoms with E-state index in [2.05, 4.69) is 22.3 Å². The van der Waals surface area contributed by atoms with E-state index in [9.17, 15) is 13.6 Å². The molecule has 4 nitrogen and oxygen atoms in total. The fraction of sp³-hybridized carbons (Fsp3) is 0.562. The molecule has 1 aromatic carbocycles. The minimum Gasteiger partial charge on any atom is -0.433 e. The van der Waals surface area contributed by atoms with Crippen LogP contribution in [0.5, 0.6) is 5.75 Å². The van der Waals surface area contributed by atoms with Crippen LogP contribution in [0.15, 0.2) is 18.2 Å². The highest BCUT2D eigenvalue weighted by atomic mass is 35.5. The second-order valence-electron chi connectivity index (χ2n) is 5.81. The summed E-state index contributed by atoms with van der Waals surface area (Å²) in [5.74, 6) is 0.313. The largest absolute Gasteiger partial charge is 0.433 e. The molecule has 1 saturated carbocycles. The van der Waals surface area contributed by atoms with Crippen LogP contribution in [-0.2, 0) is 4.79 Å². The van der Waals surface area contributed by atoms with Crippen molar-refractivity contribution < 1.29 is 18.3 Å².